The molecule has 0 saturated heterocycles. The summed E-state index contributed by atoms with van der Waals surface area (Å²) in [5.74, 6) is -0.228. The monoisotopic (exact) mass is 245 g/mol. The van der Waals surface area contributed by atoms with E-state index in [2.05, 4.69) is 21.2 Å². The van der Waals surface area contributed by atoms with Crippen molar-refractivity contribution in [1.29, 1.82) is 0 Å². The lowest BCUT2D eigenvalue weighted by atomic mass is 10.1. The largest absolute Gasteiger partial charge is 0.343 e. The van der Waals surface area contributed by atoms with Crippen molar-refractivity contribution in [3.8, 4) is 0 Å². The Balaban J connectivity index is 2.68. The van der Waals surface area contributed by atoms with Crippen molar-refractivity contribution < 1.29 is 9.18 Å². The first-order valence-electron chi connectivity index (χ1n) is 3.78. The van der Waals surface area contributed by atoms with Crippen LogP contribution in [0.25, 0.3) is 0 Å². The van der Waals surface area contributed by atoms with Crippen LogP contribution in [-0.2, 0) is 6.54 Å². The molecule has 0 bridgehead atoms. The molecule has 2 nitrogen and oxygen atoms in total. The van der Waals surface area contributed by atoms with Gasteiger partial charge >= 0.3 is 0 Å². The number of nitrogens with one attached hydrogen (secondary N) is 1. The fourth-order valence-electron chi connectivity index (χ4n) is 0.988. The molecule has 0 heterocycles. The van der Waals surface area contributed by atoms with Gasteiger partial charge in [0.15, 0.2) is 0 Å². The lowest BCUT2D eigenvalue weighted by Crippen LogP contribution is -2.15. The Morgan fingerprint density at radius 3 is 2.85 bits per heavy atom. The number of benzene rings is 1. The van der Waals surface area contributed by atoms with Crippen molar-refractivity contribution in [2.24, 2.45) is 0 Å². The second kappa shape index (κ2) is 4.37. The summed E-state index contributed by atoms with van der Waals surface area (Å²) in [6.45, 7) is 2.10. The van der Waals surface area contributed by atoms with Crippen LogP contribution in [-0.4, -0.2) is 4.82 Å². The third-order valence-corrected chi connectivity index (χ3v) is 1.93. The van der Waals surface area contributed by atoms with Crippen LogP contribution in [0.5, 0.6) is 0 Å². The predicted octanol–water partition coefficient (Wildman–Crippen LogP) is 2.74. The van der Waals surface area contributed by atoms with Gasteiger partial charge in [-0.15, -0.1) is 0 Å². The first-order valence-corrected chi connectivity index (χ1v) is 4.57. The van der Waals surface area contributed by atoms with E-state index < -0.39 is 0 Å². The van der Waals surface area contributed by atoms with Gasteiger partial charge in [-0.25, -0.2) is 4.39 Å². The molecule has 4 heteroatoms. The van der Waals surface area contributed by atoms with Gasteiger partial charge in [0.1, 0.15) is 5.82 Å². The van der Waals surface area contributed by atoms with Crippen molar-refractivity contribution in [1.82, 2.24) is 5.32 Å². The standard InChI is InChI=1S/C9H9BrFNO/c1-6-4-7(2-3-8(6)11)5-12-9(10)13/h2-4H,5H2,1H3,(H,12,13). The Morgan fingerprint density at radius 2 is 2.31 bits per heavy atom. The van der Waals surface area contributed by atoms with Gasteiger partial charge in [0.2, 0.25) is 0 Å². The van der Waals surface area contributed by atoms with Crippen LogP contribution in [0.2, 0.25) is 0 Å². The second-order valence-electron chi connectivity index (χ2n) is 2.71. The average molecular weight is 246 g/mol. The van der Waals surface area contributed by atoms with Crippen LogP contribution < -0.4 is 5.32 Å². The summed E-state index contributed by atoms with van der Waals surface area (Å²) in [7, 11) is 0. The first-order chi connectivity index (χ1) is 6.09. The lowest BCUT2D eigenvalue weighted by Gasteiger charge is -2.03. The molecule has 13 heavy (non-hydrogen) atoms. The van der Waals surface area contributed by atoms with Crippen molar-refractivity contribution in [3.63, 3.8) is 0 Å². The van der Waals surface area contributed by atoms with Crippen LogP contribution in [0.15, 0.2) is 18.2 Å². The predicted molar refractivity (Wildman–Crippen MR) is 52.3 cm³/mol. The zero-order chi connectivity index (χ0) is 9.84. The Morgan fingerprint density at radius 1 is 1.62 bits per heavy atom. The molecule has 0 aliphatic rings. The summed E-state index contributed by atoms with van der Waals surface area (Å²) in [6, 6.07) is 4.74. The number of halogens is 2. The number of carbonyl (C=O) groups is 1. The van der Waals surface area contributed by atoms with Gasteiger partial charge in [-0.2, -0.15) is 0 Å². The fraction of sp³-hybridized carbons (Fsp3) is 0.222. The molecule has 0 aliphatic carbocycles. The number of carbonyl (C=O) groups excluding carboxylic acids is 1. The maximum atomic E-state index is 12.8. The van der Waals surface area contributed by atoms with Crippen LogP contribution in [0, 0.1) is 12.7 Å². The molecule has 0 radical (unpaired) electrons. The fourth-order valence-corrected chi connectivity index (χ4v) is 1.13. The van der Waals surface area contributed by atoms with Crippen LogP contribution in [0.1, 0.15) is 11.1 Å². The molecule has 1 rings (SSSR count). The van der Waals surface area contributed by atoms with Gasteiger partial charge in [-0.1, -0.05) is 12.1 Å². The number of amides is 1. The van der Waals surface area contributed by atoms with Gasteiger partial charge < -0.3 is 5.32 Å². The SMILES string of the molecule is Cc1cc(CNC(=O)Br)ccc1F. The van der Waals surface area contributed by atoms with E-state index in [0.717, 1.165) is 5.56 Å². The lowest BCUT2D eigenvalue weighted by molar-refractivity contribution is 0.261. The second-order valence-corrected chi connectivity index (χ2v) is 3.43. The van der Waals surface area contributed by atoms with Crippen molar-refractivity contribution in [2.45, 2.75) is 13.5 Å². The summed E-state index contributed by atoms with van der Waals surface area (Å²) in [5.41, 5.74) is 1.47. The third-order valence-electron chi connectivity index (χ3n) is 1.65. The van der Waals surface area contributed by atoms with E-state index in [9.17, 15) is 9.18 Å². The van der Waals surface area contributed by atoms with E-state index in [0.29, 0.717) is 12.1 Å². The maximum Gasteiger partial charge on any atom is 0.287 e. The Hall–Kier alpha value is -0.900. The summed E-state index contributed by atoms with van der Waals surface area (Å²) < 4.78 is 12.8. The van der Waals surface area contributed by atoms with E-state index in [4.69, 9.17) is 0 Å². The molecule has 0 spiro atoms. The summed E-state index contributed by atoms with van der Waals surface area (Å²) >= 11 is 2.74. The van der Waals surface area contributed by atoms with Crippen LogP contribution in [0.3, 0.4) is 0 Å². The molecule has 0 saturated carbocycles. The summed E-state index contributed by atoms with van der Waals surface area (Å²) in [6.07, 6.45) is 0. The molecular formula is C9H9BrFNO. The van der Waals surface area contributed by atoms with E-state index in [-0.39, 0.29) is 10.6 Å². The first kappa shape index (κ1) is 10.2. The quantitative estimate of drug-likeness (QED) is 0.630. The van der Waals surface area contributed by atoms with Crippen molar-refractivity contribution >= 4 is 20.7 Å². The number of aryl methyl sites for hydroxylation is 1. The van der Waals surface area contributed by atoms with Crippen molar-refractivity contribution in [2.75, 3.05) is 0 Å². The highest BCUT2D eigenvalue weighted by Crippen LogP contribution is 2.08. The van der Waals surface area contributed by atoms with E-state index >= 15 is 0 Å². The average Bonchev–Trinajstić information content (AvgIpc) is 2.07. The molecule has 1 aromatic carbocycles. The number of hydrogen-bond acceptors (Lipinski definition) is 1. The topological polar surface area (TPSA) is 29.1 Å². The van der Waals surface area contributed by atoms with Crippen molar-refractivity contribution in [3.05, 3.63) is 35.1 Å². The maximum absolute atomic E-state index is 12.8. The van der Waals surface area contributed by atoms with Gasteiger partial charge in [-0.05, 0) is 24.1 Å². The molecule has 0 atom stereocenters. The minimum absolute atomic E-state index is 0.228. The molecule has 1 aromatic rings. The zero-order valence-corrected chi connectivity index (χ0v) is 8.69. The molecule has 0 unspecified atom stereocenters. The Kier molecular flexibility index (Phi) is 3.42. The highest BCUT2D eigenvalue weighted by Gasteiger charge is 1.99. The van der Waals surface area contributed by atoms with E-state index in [1.807, 2.05) is 0 Å². The summed E-state index contributed by atoms with van der Waals surface area (Å²) in [5, 5.41) is 2.56. The van der Waals surface area contributed by atoms with Crippen LogP contribution >= 0.6 is 15.9 Å². The number of rotatable bonds is 2. The van der Waals surface area contributed by atoms with Gasteiger partial charge in [-0.3, -0.25) is 4.79 Å². The zero-order valence-electron chi connectivity index (χ0n) is 7.10. The third kappa shape index (κ3) is 3.14. The molecule has 1 amide bonds. The van der Waals surface area contributed by atoms with Gasteiger partial charge in [0, 0.05) is 22.5 Å². The summed E-state index contributed by atoms with van der Waals surface area (Å²) in [4.78, 5) is 10.2. The highest BCUT2D eigenvalue weighted by molar-refractivity contribution is 9.18. The molecular weight excluding hydrogens is 237 g/mol. The molecule has 0 fully saturated rings. The van der Waals surface area contributed by atoms with Crippen LogP contribution in [0.4, 0.5) is 9.18 Å². The minimum Gasteiger partial charge on any atom is -0.343 e. The van der Waals surface area contributed by atoms with E-state index in [1.165, 1.54) is 6.07 Å². The minimum atomic E-state index is -0.269. The van der Waals surface area contributed by atoms with Gasteiger partial charge in [0.25, 0.3) is 4.82 Å². The molecule has 1 N–H and O–H groups in total. The number of hydrogen-bond donors (Lipinski definition) is 1. The van der Waals surface area contributed by atoms with Gasteiger partial charge in [0.05, 0.1) is 0 Å². The molecule has 0 aromatic heterocycles. The smallest absolute Gasteiger partial charge is 0.287 e. The normalized spacial score (nSPS) is 9.77. The highest BCUT2D eigenvalue weighted by atomic mass is 79.9. The molecule has 70 valence electrons. The Labute approximate surface area is 84.3 Å². The van der Waals surface area contributed by atoms with E-state index in [1.54, 1.807) is 19.1 Å². The molecule has 0 aliphatic heterocycles. The Bertz CT molecular complexity index is 327.